The monoisotopic (exact) mass is 620 g/mol. The van der Waals surface area contributed by atoms with Crippen molar-refractivity contribution in [2.45, 2.75) is 90.8 Å². The first-order valence-electron chi connectivity index (χ1n) is 15.6. The van der Waals surface area contributed by atoms with Crippen molar-refractivity contribution in [3.05, 3.63) is 94.5 Å². The molecule has 0 bridgehead atoms. The Hall–Kier alpha value is -3.17. The predicted octanol–water partition coefficient (Wildman–Crippen LogP) is 6.93. The van der Waals surface area contributed by atoms with Gasteiger partial charge >= 0.3 is 0 Å². The molecule has 8 heteroatoms. The van der Waals surface area contributed by atoms with Crippen molar-refractivity contribution in [1.82, 2.24) is 10.6 Å². The molecule has 0 heterocycles. The molecular weight excluding hydrogens is 568 g/mol. The third-order valence-electron chi connectivity index (χ3n) is 8.40. The van der Waals surface area contributed by atoms with Gasteiger partial charge in [0.1, 0.15) is 11.5 Å². The summed E-state index contributed by atoms with van der Waals surface area (Å²) in [4.78, 5) is 13.0. The molecule has 0 aliphatic heterocycles. The van der Waals surface area contributed by atoms with Gasteiger partial charge < -0.3 is 30.0 Å². The lowest BCUT2D eigenvalue weighted by atomic mass is 9.93. The van der Waals surface area contributed by atoms with Gasteiger partial charge in [0.15, 0.2) is 8.32 Å². The molecule has 1 amide bonds. The van der Waals surface area contributed by atoms with Gasteiger partial charge in [-0.25, -0.2) is 0 Å². The summed E-state index contributed by atoms with van der Waals surface area (Å²) in [5.74, 6) is 0.833. The molecular formula is C36H52N2O5Si. The average molecular weight is 621 g/mol. The second kappa shape index (κ2) is 15.2. The highest BCUT2D eigenvalue weighted by Gasteiger charge is 2.39. The lowest BCUT2D eigenvalue weighted by Gasteiger charge is -2.40. The smallest absolute Gasteiger partial charge is 0.251 e. The van der Waals surface area contributed by atoms with Crippen LogP contribution >= 0.6 is 0 Å². The Morgan fingerprint density at radius 3 is 2.34 bits per heavy atom. The van der Waals surface area contributed by atoms with Gasteiger partial charge in [0.05, 0.1) is 19.3 Å². The lowest BCUT2D eigenvalue weighted by molar-refractivity contribution is 0.0954. The van der Waals surface area contributed by atoms with Crippen molar-refractivity contribution in [2.75, 3.05) is 19.7 Å². The minimum absolute atomic E-state index is 0.0199. The van der Waals surface area contributed by atoms with Gasteiger partial charge in [-0.3, -0.25) is 4.79 Å². The van der Waals surface area contributed by atoms with Crippen LogP contribution in [0.4, 0.5) is 0 Å². The summed E-state index contributed by atoms with van der Waals surface area (Å²) in [5.41, 5.74) is 3.93. The maximum absolute atomic E-state index is 13.0. The van der Waals surface area contributed by atoms with Crippen LogP contribution in [0.3, 0.4) is 0 Å². The van der Waals surface area contributed by atoms with Crippen LogP contribution in [-0.2, 0) is 23.9 Å². The normalized spacial score (nSPS) is 13.0. The molecule has 0 aliphatic rings. The highest BCUT2D eigenvalue weighted by molar-refractivity contribution is 6.74. The van der Waals surface area contributed by atoms with Gasteiger partial charge in [-0.2, -0.15) is 0 Å². The van der Waals surface area contributed by atoms with Gasteiger partial charge in [0.2, 0.25) is 0 Å². The molecule has 7 nitrogen and oxygen atoms in total. The van der Waals surface area contributed by atoms with Crippen LogP contribution in [0.2, 0.25) is 18.1 Å². The van der Waals surface area contributed by atoms with Crippen LogP contribution in [0.25, 0.3) is 0 Å². The summed E-state index contributed by atoms with van der Waals surface area (Å²) >= 11 is 0. The molecule has 240 valence electrons. The molecule has 3 aromatic carbocycles. The fraction of sp³-hybridized carbons (Fsp3) is 0.472. The zero-order valence-electron chi connectivity index (χ0n) is 27.8. The van der Waals surface area contributed by atoms with Gasteiger partial charge in [-0.1, -0.05) is 51.1 Å². The molecule has 4 N–H and O–H groups in total. The first-order valence-corrected chi connectivity index (χ1v) is 18.5. The number of benzene rings is 3. The van der Waals surface area contributed by atoms with E-state index in [9.17, 15) is 15.0 Å². The number of hydrogen-bond acceptors (Lipinski definition) is 6. The number of aliphatic hydroxyl groups excluding tert-OH is 1. The van der Waals surface area contributed by atoms with Crippen molar-refractivity contribution in [3.63, 3.8) is 0 Å². The number of nitrogens with one attached hydrogen (secondary N) is 2. The summed E-state index contributed by atoms with van der Waals surface area (Å²) < 4.78 is 12.4. The Morgan fingerprint density at radius 1 is 0.955 bits per heavy atom. The third-order valence-corrected chi connectivity index (χ3v) is 12.9. The van der Waals surface area contributed by atoms with Crippen LogP contribution in [0.5, 0.6) is 11.5 Å². The van der Waals surface area contributed by atoms with Gasteiger partial charge in [0, 0.05) is 29.8 Å². The first kappa shape index (κ1) is 35.3. The Labute approximate surface area is 265 Å². The van der Waals surface area contributed by atoms with Gasteiger partial charge in [-0.15, -0.1) is 0 Å². The summed E-state index contributed by atoms with van der Waals surface area (Å²) in [5, 5.41) is 26.7. The Morgan fingerprint density at radius 2 is 1.66 bits per heavy atom. The summed E-state index contributed by atoms with van der Waals surface area (Å²) in [7, 11) is -2.14. The molecule has 0 fully saturated rings. The van der Waals surface area contributed by atoms with Gasteiger partial charge in [-0.05, 0) is 105 Å². The van der Waals surface area contributed by atoms with Crippen molar-refractivity contribution in [1.29, 1.82) is 0 Å². The molecule has 0 saturated carbocycles. The lowest BCUT2D eigenvalue weighted by Crippen LogP contribution is -2.47. The number of phenols is 1. The number of aliphatic hydroxyl groups is 1. The first-order chi connectivity index (χ1) is 20.6. The fourth-order valence-electron chi connectivity index (χ4n) is 4.84. The highest BCUT2D eigenvalue weighted by atomic mass is 28.4. The molecule has 0 radical (unpaired) electrons. The standard InChI is InChI=1S/C36H52N2O5Si/c1-9-42-31-15-11-12-26(21-31)18-19-37-34(41)29-14-10-13-27(20-29)23-36(5,6)38-24-33(43-44(7,8)35(2,3)4)28-16-17-32(40)30(22-28)25-39/h10-17,20-22,33,38-40H,9,18-19,23-25H2,1-8H3,(H,37,41)/t33-/m0/s1. The number of hydrogen-bond donors (Lipinski definition) is 4. The number of carbonyl (C=O) groups is 1. The van der Waals surface area contributed by atoms with Crippen LogP contribution in [0, 0.1) is 0 Å². The number of ether oxygens (including phenoxy) is 1. The van der Waals surface area contributed by atoms with Gasteiger partial charge in [0.25, 0.3) is 5.91 Å². The minimum Gasteiger partial charge on any atom is -0.508 e. The molecule has 0 saturated heterocycles. The van der Waals surface area contributed by atoms with E-state index in [1.54, 1.807) is 6.07 Å². The minimum atomic E-state index is -2.14. The number of rotatable bonds is 15. The summed E-state index contributed by atoms with van der Waals surface area (Å²) in [6, 6.07) is 21.1. The van der Waals surface area contributed by atoms with E-state index >= 15 is 0 Å². The van der Waals surface area contributed by atoms with Crippen molar-refractivity contribution in [3.8, 4) is 11.5 Å². The van der Waals surface area contributed by atoms with Crippen LogP contribution in [0.15, 0.2) is 66.7 Å². The molecule has 1 atom stereocenters. The summed E-state index contributed by atoms with van der Waals surface area (Å²) in [6.45, 7) is 18.8. The van der Waals surface area contributed by atoms with E-state index in [1.807, 2.05) is 61.5 Å². The number of aromatic hydroxyl groups is 1. The second-order valence-electron chi connectivity index (χ2n) is 13.6. The SMILES string of the molecule is CCOc1cccc(CCNC(=O)c2cccc(CC(C)(C)NC[C@H](O[Si](C)(C)C(C)(C)C)c3ccc(O)c(CO)c3)c2)c1. The topological polar surface area (TPSA) is 100 Å². The van der Waals surface area contributed by atoms with E-state index in [-0.39, 0.29) is 34.9 Å². The van der Waals surface area contributed by atoms with Crippen molar-refractivity contribution < 1.29 is 24.2 Å². The fourth-order valence-corrected chi connectivity index (χ4v) is 6.12. The second-order valence-corrected chi connectivity index (χ2v) is 18.4. The third kappa shape index (κ3) is 10.2. The largest absolute Gasteiger partial charge is 0.508 e. The number of amides is 1. The quantitative estimate of drug-likeness (QED) is 0.138. The predicted molar refractivity (Wildman–Crippen MR) is 181 cm³/mol. The van der Waals surface area contributed by atoms with Crippen LogP contribution in [-0.4, -0.2) is 49.7 Å². The maximum atomic E-state index is 13.0. The zero-order valence-corrected chi connectivity index (χ0v) is 28.8. The average Bonchev–Trinajstić information content (AvgIpc) is 2.95. The van der Waals surface area contributed by atoms with E-state index in [1.165, 1.54) is 0 Å². The molecule has 0 aliphatic carbocycles. The highest BCUT2D eigenvalue weighted by Crippen LogP contribution is 2.40. The van der Waals surface area contributed by atoms with E-state index in [0.29, 0.717) is 37.2 Å². The number of carbonyl (C=O) groups excluding carboxylic acids is 1. The van der Waals surface area contributed by atoms with Crippen LogP contribution in [0.1, 0.15) is 80.3 Å². The van der Waals surface area contributed by atoms with E-state index in [4.69, 9.17) is 9.16 Å². The molecule has 0 aromatic heterocycles. The Balaban J connectivity index is 1.66. The Bertz CT molecular complexity index is 1380. The zero-order chi connectivity index (χ0) is 32.5. The molecule has 0 spiro atoms. The maximum Gasteiger partial charge on any atom is 0.251 e. The van der Waals surface area contributed by atoms with E-state index in [2.05, 4.69) is 64.4 Å². The molecule has 44 heavy (non-hydrogen) atoms. The van der Waals surface area contributed by atoms with Crippen molar-refractivity contribution in [2.24, 2.45) is 0 Å². The van der Waals surface area contributed by atoms with E-state index < -0.39 is 8.32 Å². The van der Waals surface area contributed by atoms with Crippen LogP contribution < -0.4 is 15.4 Å². The molecule has 3 aromatic rings. The molecule has 0 unspecified atom stereocenters. The van der Waals surface area contributed by atoms with Crippen molar-refractivity contribution >= 4 is 14.2 Å². The Kier molecular flexibility index (Phi) is 12.2. The molecule has 3 rings (SSSR count). The van der Waals surface area contributed by atoms with E-state index in [0.717, 1.165) is 28.9 Å². The summed E-state index contributed by atoms with van der Waals surface area (Å²) in [6.07, 6.45) is 1.18.